The van der Waals surface area contributed by atoms with Gasteiger partial charge in [-0.25, -0.2) is 0 Å². The largest absolute Gasteiger partial charge is 0.453 e. The zero-order chi connectivity index (χ0) is 34.9. The number of thiophene rings is 1. The average Bonchev–Trinajstić information content (AvgIpc) is 3.80. The lowest BCUT2D eigenvalue weighted by molar-refractivity contribution is 0.670. The molecule has 2 heterocycles. The first-order valence-corrected chi connectivity index (χ1v) is 18.8. The normalized spacial score (nSPS) is 11.8. The summed E-state index contributed by atoms with van der Waals surface area (Å²) in [7, 11) is 0. The summed E-state index contributed by atoms with van der Waals surface area (Å²) in [5, 5.41) is 9.54. The summed E-state index contributed by atoms with van der Waals surface area (Å²) < 4.78 is 9.87. The summed E-state index contributed by atoms with van der Waals surface area (Å²) in [5.74, 6) is 0. The number of anilines is 3. The van der Waals surface area contributed by atoms with Crippen LogP contribution in [0.5, 0.6) is 0 Å². The number of benzene rings is 9. The van der Waals surface area contributed by atoms with E-state index >= 15 is 0 Å². The molecule has 0 bridgehead atoms. The van der Waals surface area contributed by atoms with E-state index in [0.29, 0.717) is 0 Å². The van der Waals surface area contributed by atoms with E-state index in [-0.39, 0.29) is 0 Å². The second-order valence-electron chi connectivity index (χ2n) is 13.6. The molecule has 3 heteroatoms. The van der Waals surface area contributed by atoms with Crippen LogP contribution in [0.3, 0.4) is 0 Å². The zero-order valence-electron chi connectivity index (χ0n) is 28.7. The van der Waals surface area contributed by atoms with Crippen molar-refractivity contribution in [3.63, 3.8) is 0 Å². The molecular formula is C50H31NOS. The van der Waals surface area contributed by atoms with Crippen molar-refractivity contribution in [3.8, 4) is 22.3 Å². The van der Waals surface area contributed by atoms with Crippen LogP contribution in [0, 0.1) is 0 Å². The molecule has 0 aliphatic carbocycles. The van der Waals surface area contributed by atoms with Gasteiger partial charge >= 0.3 is 0 Å². The van der Waals surface area contributed by atoms with Crippen LogP contribution >= 0.6 is 11.3 Å². The zero-order valence-corrected chi connectivity index (χ0v) is 29.5. The number of nitrogens with zero attached hydrogens (tertiary/aromatic N) is 1. The van der Waals surface area contributed by atoms with Crippen molar-refractivity contribution in [1.29, 1.82) is 0 Å². The Labute approximate surface area is 310 Å². The van der Waals surface area contributed by atoms with E-state index in [1.54, 1.807) is 0 Å². The quantitative estimate of drug-likeness (QED) is 0.178. The van der Waals surface area contributed by atoms with E-state index in [0.717, 1.165) is 44.6 Å². The van der Waals surface area contributed by atoms with E-state index in [9.17, 15) is 0 Å². The first kappa shape index (κ1) is 30.0. The van der Waals surface area contributed by atoms with Crippen LogP contribution in [0.4, 0.5) is 17.1 Å². The molecule has 0 amide bonds. The van der Waals surface area contributed by atoms with E-state index in [1.165, 1.54) is 58.4 Å². The first-order valence-electron chi connectivity index (χ1n) is 18.0. The summed E-state index contributed by atoms with van der Waals surface area (Å²) in [6, 6.07) is 67.7. The van der Waals surface area contributed by atoms with Gasteiger partial charge in [-0.1, -0.05) is 152 Å². The number of hydrogen-bond acceptors (Lipinski definition) is 3. The van der Waals surface area contributed by atoms with Gasteiger partial charge in [-0.05, 0) is 63.7 Å². The Balaban J connectivity index is 1.21. The van der Waals surface area contributed by atoms with Crippen molar-refractivity contribution in [2.45, 2.75) is 0 Å². The van der Waals surface area contributed by atoms with Gasteiger partial charge in [0.1, 0.15) is 5.58 Å². The maximum absolute atomic E-state index is 7.29. The van der Waals surface area contributed by atoms with Crippen molar-refractivity contribution < 1.29 is 4.42 Å². The van der Waals surface area contributed by atoms with Crippen molar-refractivity contribution in [2.75, 3.05) is 4.90 Å². The van der Waals surface area contributed by atoms with Gasteiger partial charge in [0.2, 0.25) is 0 Å². The molecule has 0 saturated heterocycles. The lowest BCUT2D eigenvalue weighted by Gasteiger charge is -2.27. The van der Waals surface area contributed by atoms with Gasteiger partial charge < -0.3 is 9.32 Å². The molecule has 11 rings (SSSR count). The van der Waals surface area contributed by atoms with Gasteiger partial charge in [0.25, 0.3) is 0 Å². The standard InChI is InChI=1S/C50H31NOS/c1-2-13-32(14-3-1)33-27-29-36(30-28-33)51(44-24-10-17-34-15-4-6-18-37(34)44)45-25-12-21-40-43-31-35-16-5-7-19-38(35)47(49(43)52-48(40)45)42-23-11-22-41-39-20-8-9-26-46(39)53-50(41)42/h1-31H. The van der Waals surface area contributed by atoms with Gasteiger partial charge in [0.05, 0.1) is 11.4 Å². The molecular weight excluding hydrogens is 663 g/mol. The Kier molecular flexibility index (Phi) is 6.76. The molecule has 53 heavy (non-hydrogen) atoms. The molecule has 0 saturated carbocycles. The smallest absolute Gasteiger partial charge is 0.159 e. The van der Waals surface area contributed by atoms with E-state index < -0.39 is 0 Å². The fourth-order valence-corrected chi connectivity index (χ4v) is 9.44. The molecule has 0 N–H and O–H groups in total. The molecule has 0 spiro atoms. The summed E-state index contributed by atoms with van der Waals surface area (Å²) in [6.45, 7) is 0. The Hall–Kier alpha value is -6.68. The minimum absolute atomic E-state index is 0.864. The van der Waals surface area contributed by atoms with Gasteiger partial charge in [0, 0.05) is 53.1 Å². The summed E-state index contributed by atoms with van der Waals surface area (Å²) in [6.07, 6.45) is 0. The highest BCUT2D eigenvalue weighted by molar-refractivity contribution is 7.26. The van der Waals surface area contributed by atoms with Gasteiger partial charge in [-0.3, -0.25) is 0 Å². The van der Waals surface area contributed by atoms with Crippen LogP contribution in [-0.2, 0) is 0 Å². The molecule has 0 atom stereocenters. The van der Waals surface area contributed by atoms with Gasteiger partial charge in [-0.2, -0.15) is 0 Å². The fourth-order valence-electron chi connectivity index (χ4n) is 8.21. The maximum Gasteiger partial charge on any atom is 0.159 e. The van der Waals surface area contributed by atoms with Gasteiger partial charge in [0.15, 0.2) is 5.58 Å². The number of furan rings is 1. The number of hydrogen-bond donors (Lipinski definition) is 0. The molecule has 11 aromatic rings. The molecule has 0 aliphatic heterocycles. The SMILES string of the molecule is c1ccc(-c2ccc(N(c3cccc4ccccc34)c3cccc4c3oc3c(-c5cccc6c5sc5ccccc56)c5ccccc5cc34)cc2)cc1. The molecule has 0 aliphatic rings. The number of fused-ring (bicyclic) bond motifs is 8. The second-order valence-corrected chi connectivity index (χ2v) is 14.7. The van der Waals surface area contributed by atoms with Crippen molar-refractivity contribution >= 4 is 92.1 Å². The predicted molar refractivity (Wildman–Crippen MR) is 227 cm³/mol. The van der Waals surface area contributed by atoms with Crippen molar-refractivity contribution in [1.82, 2.24) is 0 Å². The highest BCUT2D eigenvalue weighted by Gasteiger charge is 2.24. The monoisotopic (exact) mass is 693 g/mol. The van der Waals surface area contributed by atoms with Crippen molar-refractivity contribution in [3.05, 3.63) is 188 Å². The molecule has 2 aromatic heterocycles. The highest BCUT2D eigenvalue weighted by atomic mass is 32.1. The molecule has 248 valence electrons. The first-order chi connectivity index (χ1) is 26.3. The summed E-state index contributed by atoms with van der Waals surface area (Å²) in [5.41, 5.74) is 9.66. The number of rotatable bonds is 5. The van der Waals surface area contributed by atoms with Crippen molar-refractivity contribution in [2.24, 2.45) is 0 Å². The molecule has 9 aromatic carbocycles. The lowest BCUT2D eigenvalue weighted by atomic mass is 9.94. The predicted octanol–water partition coefficient (Wildman–Crippen LogP) is 15.1. The Morgan fingerprint density at radius 2 is 1.02 bits per heavy atom. The Morgan fingerprint density at radius 1 is 0.396 bits per heavy atom. The third kappa shape index (κ3) is 4.71. The third-order valence-electron chi connectivity index (χ3n) is 10.6. The van der Waals surface area contributed by atoms with Gasteiger partial charge in [-0.15, -0.1) is 11.3 Å². The van der Waals surface area contributed by atoms with E-state index in [4.69, 9.17) is 4.42 Å². The highest BCUT2D eigenvalue weighted by Crippen LogP contribution is 2.49. The average molecular weight is 694 g/mol. The van der Waals surface area contributed by atoms with Crippen LogP contribution in [0.2, 0.25) is 0 Å². The van der Waals surface area contributed by atoms with E-state index in [2.05, 4.69) is 193 Å². The minimum atomic E-state index is 0.864. The second kappa shape index (κ2) is 11.9. The minimum Gasteiger partial charge on any atom is -0.453 e. The number of para-hydroxylation sites is 1. The van der Waals surface area contributed by atoms with Crippen LogP contribution < -0.4 is 4.90 Å². The molecule has 0 fully saturated rings. The van der Waals surface area contributed by atoms with Crippen LogP contribution in [0.15, 0.2) is 192 Å². The molecule has 0 unspecified atom stereocenters. The summed E-state index contributed by atoms with van der Waals surface area (Å²) >= 11 is 1.86. The van der Waals surface area contributed by atoms with Crippen LogP contribution in [0.25, 0.3) is 85.9 Å². The van der Waals surface area contributed by atoms with Crippen LogP contribution in [0.1, 0.15) is 0 Å². The topological polar surface area (TPSA) is 16.4 Å². The van der Waals surface area contributed by atoms with Crippen LogP contribution in [-0.4, -0.2) is 0 Å². The molecule has 0 radical (unpaired) electrons. The van der Waals surface area contributed by atoms with E-state index in [1.807, 2.05) is 11.3 Å². The maximum atomic E-state index is 7.29. The Morgan fingerprint density at radius 3 is 1.89 bits per heavy atom. The summed E-state index contributed by atoms with van der Waals surface area (Å²) in [4.78, 5) is 2.37. The third-order valence-corrected chi connectivity index (χ3v) is 11.9. The fraction of sp³-hybridized carbons (Fsp3) is 0. The Bertz CT molecular complexity index is 3170. The molecule has 2 nitrogen and oxygen atoms in total. The lowest BCUT2D eigenvalue weighted by Crippen LogP contribution is -2.10.